The van der Waals surface area contributed by atoms with Gasteiger partial charge in [-0.3, -0.25) is 4.90 Å². The second-order valence-corrected chi connectivity index (χ2v) is 8.42. The van der Waals surface area contributed by atoms with Gasteiger partial charge in [-0.2, -0.15) is 0 Å². The second-order valence-electron chi connectivity index (χ2n) is 7.04. The minimum Gasteiger partial charge on any atom is -0.453 e. The molecular weight excluding hydrogens is 390 g/mol. The molecule has 0 spiro atoms. The zero-order valence-electron chi connectivity index (χ0n) is 15.4. The molecule has 4 heterocycles. The number of furan rings is 1. The van der Waals surface area contributed by atoms with E-state index in [0.717, 1.165) is 53.1 Å². The second kappa shape index (κ2) is 7.20. The van der Waals surface area contributed by atoms with Crippen molar-refractivity contribution in [3.05, 3.63) is 63.9 Å². The van der Waals surface area contributed by atoms with Gasteiger partial charge in [-0.1, -0.05) is 6.07 Å². The van der Waals surface area contributed by atoms with Gasteiger partial charge >= 0.3 is 0 Å². The first kappa shape index (κ1) is 17.7. The van der Waals surface area contributed by atoms with Gasteiger partial charge in [0.2, 0.25) is 0 Å². The lowest BCUT2D eigenvalue weighted by atomic mass is 10.1. The average molecular weight is 410 g/mol. The molecule has 6 nitrogen and oxygen atoms in total. The van der Waals surface area contributed by atoms with E-state index in [0.29, 0.717) is 4.77 Å². The summed E-state index contributed by atoms with van der Waals surface area (Å²) in [5.74, 6) is 0.953. The maximum atomic E-state index is 6.04. The van der Waals surface area contributed by atoms with Crippen LogP contribution in [0.15, 0.2) is 51.2 Å². The molecule has 1 aliphatic rings. The Kier molecular flexibility index (Phi) is 4.54. The summed E-state index contributed by atoms with van der Waals surface area (Å²) in [7, 11) is 0. The molecule has 0 saturated heterocycles. The number of hydrogen-bond acceptors (Lipinski definition) is 6. The van der Waals surface area contributed by atoms with Crippen molar-refractivity contribution in [1.29, 1.82) is 0 Å². The standard InChI is InChI=1S/C20H19N5OS2/c1-12-2-4-16-17(8-12)24-20(23-16)28-18-5-3-14(26-18)11-25-7-6-15-13(10-25)9-21-19(27)22-15/h2-5,8-9H,6-7,10-11H2,1H3,(H,23,24)(H,21,22,27). The van der Waals surface area contributed by atoms with E-state index in [2.05, 4.69) is 43.9 Å². The predicted octanol–water partition coefficient (Wildman–Crippen LogP) is 4.63. The first-order chi connectivity index (χ1) is 13.6. The van der Waals surface area contributed by atoms with Crippen LogP contribution in [-0.2, 0) is 19.5 Å². The van der Waals surface area contributed by atoms with Crippen molar-refractivity contribution in [2.45, 2.75) is 36.7 Å². The van der Waals surface area contributed by atoms with E-state index in [-0.39, 0.29) is 0 Å². The van der Waals surface area contributed by atoms with Gasteiger partial charge in [0.1, 0.15) is 5.76 Å². The molecule has 0 saturated carbocycles. The molecule has 28 heavy (non-hydrogen) atoms. The van der Waals surface area contributed by atoms with Crippen molar-refractivity contribution in [1.82, 2.24) is 24.8 Å². The molecule has 4 aromatic rings. The van der Waals surface area contributed by atoms with E-state index in [1.54, 1.807) is 0 Å². The van der Waals surface area contributed by atoms with Crippen LogP contribution >= 0.6 is 24.0 Å². The van der Waals surface area contributed by atoms with E-state index in [4.69, 9.17) is 16.6 Å². The Hall–Kier alpha value is -2.42. The highest BCUT2D eigenvalue weighted by molar-refractivity contribution is 7.99. The van der Waals surface area contributed by atoms with Crippen LogP contribution in [0, 0.1) is 11.7 Å². The molecule has 5 rings (SSSR count). The summed E-state index contributed by atoms with van der Waals surface area (Å²) in [5, 5.41) is 1.68. The van der Waals surface area contributed by atoms with Crippen LogP contribution < -0.4 is 0 Å². The van der Waals surface area contributed by atoms with Gasteiger partial charge in [0.05, 0.1) is 17.6 Å². The fraction of sp³-hybridized carbons (Fsp3) is 0.250. The third-order valence-electron chi connectivity index (χ3n) is 4.88. The number of nitrogens with one attached hydrogen (secondary N) is 2. The van der Waals surface area contributed by atoms with Crippen LogP contribution in [0.1, 0.15) is 22.6 Å². The van der Waals surface area contributed by atoms with Crippen LogP contribution in [0.25, 0.3) is 11.0 Å². The Labute approximate surface area is 171 Å². The number of aromatic nitrogens is 4. The van der Waals surface area contributed by atoms with Gasteiger partial charge in [-0.15, -0.1) is 0 Å². The zero-order chi connectivity index (χ0) is 19.1. The van der Waals surface area contributed by atoms with Crippen molar-refractivity contribution in [2.24, 2.45) is 0 Å². The highest BCUT2D eigenvalue weighted by Crippen LogP contribution is 2.30. The lowest BCUT2D eigenvalue weighted by Crippen LogP contribution is -2.30. The fourth-order valence-corrected chi connectivity index (χ4v) is 4.46. The molecule has 0 bridgehead atoms. The Balaban J connectivity index is 1.27. The smallest absolute Gasteiger partial charge is 0.196 e. The van der Waals surface area contributed by atoms with Crippen LogP contribution in [0.2, 0.25) is 0 Å². The number of nitrogens with zero attached hydrogens (tertiary/aromatic N) is 3. The Morgan fingerprint density at radius 1 is 1.25 bits per heavy atom. The predicted molar refractivity (Wildman–Crippen MR) is 111 cm³/mol. The Morgan fingerprint density at radius 3 is 3.11 bits per heavy atom. The normalized spacial score (nSPS) is 14.5. The molecule has 8 heteroatoms. The van der Waals surface area contributed by atoms with Gasteiger partial charge in [0, 0.05) is 37.0 Å². The molecule has 0 unspecified atom stereocenters. The first-order valence-electron chi connectivity index (χ1n) is 9.15. The largest absolute Gasteiger partial charge is 0.453 e. The lowest BCUT2D eigenvalue weighted by molar-refractivity contribution is 0.218. The molecule has 1 aromatic carbocycles. The number of imidazole rings is 1. The summed E-state index contributed by atoms with van der Waals surface area (Å²) in [6.45, 7) is 4.67. The highest BCUT2D eigenvalue weighted by Gasteiger charge is 2.18. The highest BCUT2D eigenvalue weighted by atomic mass is 32.2. The number of benzene rings is 1. The van der Waals surface area contributed by atoms with E-state index in [9.17, 15) is 0 Å². The summed E-state index contributed by atoms with van der Waals surface area (Å²) in [6.07, 6.45) is 2.83. The molecule has 0 aliphatic carbocycles. The van der Waals surface area contributed by atoms with Gasteiger partial charge < -0.3 is 14.4 Å². The molecule has 0 fully saturated rings. The number of fused-ring (bicyclic) bond motifs is 2. The van der Waals surface area contributed by atoms with Crippen molar-refractivity contribution >= 4 is 35.0 Å². The third-order valence-corrected chi connectivity index (χ3v) is 5.90. The first-order valence-corrected chi connectivity index (χ1v) is 10.4. The summed E-state index contributed by atoms with van der Waals surface area (Å²) in [6, 6.07) is 10.3. The van der Waals surface area contributed by atoms with E-state index >= 15 is 0 Å². The van der Waals surface area contributed by atoms with Crippen molar-refractivity contribution < 1.29 is 4.42 Å². The number of aryl methyl sites for hydroxylation is 1. The van der Waals surface area contributed by atoms with Crippen molar-refractivity contribution in [3.63, 3.8) is 0 Å². The molecule has 2 N–H and O–H groups in total. The van der Waals surface area contributed by atoms with Crippen LogP contribution in [0.4, 0.5) is 0 Å². The van der Waals surface area contributed by atoms with Crippen LogP contribution in [0.3, 0.4) is 0 Å². The van der Waals surface area contributed by atoms with Gasteiger partial charge in [0.15, 0.2) is 15.0 Å². The summed E-state index contributed by atoms with van der Waals surface area (Å²) < 4.78 is 6.59. The Morgan fingerprint density at radius 2 is 2.18 bits per heavy atom. The maximum Gasteiger partial charge on any atom is 0.196 e. The van der Waals surface area contributed by atoms with Crippen LogP contribution in [-0.4, -0.2) is 31.4 Å². The number of rotatable bonds is 4. The van der Waals surface area contributed by atoms with Gasteiger partial charge in [0.25, 0.3) is 0 Å². The average Bonchev–Trinajstić information content (AvgIpc) is 3.28. The lowest BCUT2D eigenvalue weighted by Gasteiger charge is -2.27. The van der Waals surface area contributed by atoms with E-state index < -0.39 is 0 Å². The number of aromatic amines is 2. The van der Waals surface area contributed by atoms with Crippen molar-refractivity contribution in [2.75, 3.05) is 6.54 Å². The molecular formula is C20H19N5OS2. The number of hydrogen-bond donors (Lipinski definition) is 2. The summed E-state index contributed by atoms with van der Waals surface area (Å²) in [5.41, 5.74) is 5.65. The van der Waals surface area contributed by atoms with Crippen LogP contribution in [0.5, 0.6) is 0 Å². The van der Waals surface area contributed by atoms with E-state index in [1.165, 1.54) is 28.6 Å². The minimum atomic E-state index is 0.556. The minimum absolute atomic E-state index is 0.556. The van der Waals surface area contributed by atoms with E-state index in [1.807, 2.05) is 24.4 Å². The number of H-pyrrole nitrogens is 2. The van der Waals surface area contributed by atoms with Gasteiger partial charge in [-0.05, 0) is 60.7 Å². The molecule has 142 valence electrons. The molecule has 3 aromatic heterocycles. The molecule has 0 radical (unpaired) electrons. The quantitative estimate of drug-likeness (QED) is 0.479. The SMILES string of the molecule is Cc1ccc2nc(Sc3ccc(CN4CCc5[nH]c(=S)ncc5C4)o3)[nH]c2c1. The monoisotopic (exact) mass is 409 g/mol. The topological polar surface area (TPSA) is 73.7 Å². The van der Waals surface area contributed by atoms with Gasteiger partial charge in [-0.25, -0.2) is 9.97 Å². The van der Waals surface area contributed by atoms with Crippen molar-refractivity contribution in [3.8, 4) is 0 Å². The molecule has 0 amide bonds. The molecule has 1 aliphatic heterocycles. The molecule has 0 atom stereocenters. The zero-order valence-corrected chi connectivity index (χ0v) is 17.0. The summed E-state index contributed by atoms with van der Waals surface area (Å²) >= 11 is 6.62. The Bertz CT molecular complexity index is 1210. The summed E-state index contributed by atoms with van der Waals surface area (Å²) in [4.78, 5) is 17.7. The fourth-order valence-electron chi connectivity index (χ4n) is 3.50. The maximum absolute atomic E-state index is 6.04. The third kappa shape index (κ3) is 3.63.